The second kappa shape index (κ2) is 5.63. The summed E-state index contributed by atoms with van der Waals surface area (Å²) in [5.74, 6) is 1.16. The molecule has 1 aromatic rings. The van der Waals surface area contributed by atoms with Crippen molar-refractivity contribution in [3.63, 3.8) is 0 Å². The number of ether oxygens (including phenoxy) is 2. The van der Waals surface area contributed by atoms with Gasteiger partial charge in [-0.25, -0.2) is 0 Å². The maximum Gasteiger partial charge on any atom is 0.179 e. The molecule has 0 unspecified atom stereocenters. The molecule has 0 spiro atoms. The molecule has 1 rings (SSSR count). The van der Waals surface area contributed by atoms with Crippen molar-refractivity contribution in [3.05, 3.63) is 28.8 Å². The predicted octanol–water partition coefficient (Wildman–Crippen LogP) is 2.33. The van der Waals surface area contributed by atoms with Gasteiger partial charge in [0.15, 0.2) is 11.5 Å². The minimum Gasteiger partial charge on any atom is -0.493 e. The van der Waals surface area contributed by atoms with E-state index in [2.05, 4.69) is 0 Å². The zero-order chi connectivity index (χ0) is 11.3. The van der Waals surface area contributed by atoms with Crippen molar-refractivity contribution in [1.82, 2.24) is 0 Å². The lowest BCUT2D eigenvalue weighted by Crippen LogP contribution is -1.94. The Morgan fingerprint density at radius 2 is 2.07 bits per heavy atom. The molecule has 0 atom stereocenters. The third kappa shape index (κ3) is 2.64. The van der Waals surface area contributed by atoms with Crippen LogP contribution in [-0.4, -0.2) is 20.8 Å². The van der Waals surface area contributed by atoms with Crippen molar-refractivity contribution in [3.8, 4) is 11.5 Å². The van der Waals surface area contributed by atoms with Crippen LogP contribution >= 0.6 is 11.6 Å². The van der Waals surface area contributed by atoms with E-state index in [9.17, 15) is 0 Å². The largest absolute Gasteiger partial charge is 0.493 e. The van der Waals surface area contributed by atoms with Crippen LogP contribution in [0.3, 0.4) is 0 Å². The highest BCUT2D eigenvalue weighted by Crippen LogP contribution is 2.37. The lowest BCUT2D eigenvalue weighted by Gasteiger charge is -2.10. The van der Waals surface area contributed by atoms with E-state index in [4.69, 9.17) is 26.8 Å². The van der Waals surface area contributed by atoms with E-state index in [1.54, 1.807) is 20.3 Å². The summed E-state index contributed by atoms with van der Waals surface area (Å²) in [7, 11) is 3.13. The fraction of sp³-hybridized carbons (Fsp3) is 0.273. The van der Waals surface area contributed by atoms with Gasteiger partial charge < -0.3 is 15.2 Å². The quantitative estimate of drug-likeness (QED) is 0.859. The summed E-state index contributed by atoms with van der Waals surface area (Å²) in [5.41, 5.74) is 6.23. The fourth-order valence-corrected chi connectivity index (χ4v) is 1.52. The number of nitrogens with two attached hydrogens (primary N) is 1. The molecule has 0 saturated heterocycles. The van der Waals surface area contributed by atoms with Crippen molar-refractivity contribution < 1.29 is 9.47 Å². The second-order valence-electron chi connectivity index (χ2n) is 2.84. The van der Waals surface area contributed by atoms with E-state index in [0.29, 0.717) is 23.1 Å². The summed E-state index contributed by atoms with van der Waals surface area (Å²) < 4.78 is 10.3. The van der Waals surface area contributed by atoms with Gasteiger partial charge in [-0.3, -0.25) is 0 Å². The van der Waals surface area contributed by atoms with Gasteiger partial charge >= 0.3 is 0 Å². The molecule has 0 saturated carbocycles. The number of hydrogen-bond acceptors (Lipinski definition) is 3. The van der Waals surface area contributed by atoms with Gasteiger partial charge in [-0.15, -0.1) is 0 Å². The number of benzene rings is 1. The topological polar surface area (TPSA) is 44.5 Å². The van der Waals surface area contributed by atoms with Crippen molar-refractivity contribution in [2.24, 2.45) is 5.73 Å². The molecule has 0 aliphatic carbocycles. The first-order valence-corrected chi connectivity index (χ1v) is 4.89. The van der Waals surface area contributed by atoms with E-state index < -0.39 is 0 Å². The van der Waals surface area contributed by atoms with E-state index in [1.807, 2.05) is 18.2 Å². The normalized spacial score (nSPS) is 10.7. The summed E-state index contributed by atoms with van der Waals surface area (Å²) in [5, 5.41) is 0.529. The van der Waals surface area contributed by atoms with Crippen LogP contribution in [0.25, 0.3) is 6.08 Å². The summed E-state index contributed by atoms with van der Waals surface area (Å²) in [6.07, 6.45) is 3.68. The van der Waals surface area contributed by atoms with Crippen LogP contribution in [-0.2, 0) is 0 Å². The SMILES string of the molecule is COc1ccc(/C=C/CN)c(Cl)c1OC. The standard InChI is InChI=1S/C11H14ClNO2/c1-14-9-6-5-8(4-3-7-13)10(12)11(9)15-2/h3-6H,7,13H2,1-2H3/b4-3+. The van der Waals surface area contributed by atoms with Gasteiger partial charge in [0.05, 0.1) is 19.2 Å². The zero-order valence-corrected chi connectivity index (χ0v) is 9.54. The maximum atomic E-state index is 6.13. The van der Waals surface area contributed by atoms with Gasteiger partial charge in [-0.2, -0.15) is 0 Å². The zero-order valence-electron chi connectivity index (χ0n) is 8.79. The molecule has 0 aromatic heterocycles. The van der Waals surface area contributed by atoms with E-state index >= 15 is 0 Å². The lowest BCUT2D eigenvalue weighted by molar-refractivity contribution is 0.355. The van der Waals surface area contributed by atoms with E-state index in [-0.39, 0.29) is 0 Å². The van der Waals surface area contributed by atoms with Crippen molar-refractivity contribution in [2.75, 3.05) is 20.8 Å². The summed E-state index contributed by atoms with van der Waals surface area (Å²) >= 11 is 6.13. The first kappa shape index (κ1) is 11.9. The van der Waals surface area contributed by atoms with Crippen LogP contribution in [0.5, 0.6) is 11.5 Å². The average Bonchev–Trinajstić information content (AvgIpc) is 2.27. The first-order valence-electron chi connectivity index (χ1n) is 4.51. The Morgan fingerprint density at radius 3 is 2.60 bits per heavy atom. The molecular weight excluding hydrogens is 214 g/mol. The Labute approximate surface area is 94.4 Å². The van der Waals surface area contributed by atoms with Gasteiger partial charge in [-0.1, -0.05) is 23.8 Å². The van der Waals surface area contributed by atoms with Crippen molar-refractivity contribution >= 4 is 17.7 Å². The lowest BCUT2D eigenvalue weighted by atomic mass is 10.2. The molecule has 0 radical (unpaired) electrons. The molecule has 0 fully saturated rings. The Kier molecular flexibility index (Phi) is 4.46. The fourth-order valence-electron chi connectivity index (χ4n) is 1.23. The van der Waals surface area contributed by atoms with E-state index in [0.717, 1.165) is 5.56 Å². The highest BCUT2D eigenvalue weighted by molar-refractivity contribution is 6.33. The number of hydrogen-bond donors (Lipinski definition) is 1. The smallest absolute Gasteiger partial charge is 0.179 e. The average molecular weight is 228 g/mol. The van der Waals surface area contributed by atoms with Gasteiger partial charge in [0.1, 0.15) is 0 Å². The molecule has 4 heteroatoms. The molecule has 3 nitrogen and oxygen atoms in total. The number of halogens is 1. The highest BCUT2D eigenvalue weighted by Gasteiger charge is 2.10. The van der Waals surface area contributed by atoms with E-state index in [1.165, 1.54) is 0 Å². The van der Waals surface area contributed by atoms with Gasteiger partial charge in [0, 0.05) is 6.54 Å². The monoisotopic (exact) mass is 227 g/mol. The van der Waals surface area contributed by atoms with Crippen LogP contribution in [0.15, 0.2) is 18.2 Å². The predicted molar refractivity (Wildman–Crippen MR) is 62.6 cm³/mol. The Bertz CT molecular complexity index is 364. The summed E-state index contributed by atoms with van der Waals surface area (Å²) in [6, 6.07) is 3.66. The van der Waals surface area contributed by atoms with Crippen molar-refractivity contribution in [1.29, 1.82) is 0 Å². The Morgan fingerprint density at radius 1 is 1.33 bits per heavy atom. The van der Waals surface area contributed by atoms with Crippen molar-refractivity contribution in [2.45, 2.75) is 0 Å². The number of methoxy groups -OCH3 is 2. The van der Waals surface area contributed by atoms with Crippen LogP contribution in [0.4, 0.5) is 0 Å². The van der Waals surface area contributed by atoms with Crippen LogP contribution in [0.1, 0.15) is 5.56 Å². The molecular formula is C11H14ClNO2. The molecule has 0 aliphatic heterocycles. The summed E-state index contributed by atoms with van der Waals surface area (Å²) in [4.78, 5) is 0. The van der Waals surface area contributed by atoms with Gasteiger partial charge in [0.2, 0.25) is 0 Å². The number of rotatable bonds is 4. The van der Waals surface area contributed by atoms with Crippen LogP contribution < -0.4 is 15.2 Å². The Hall–Kier alpha value is -1.19. The minimum absolute atomic E-state index is 0.477. The maximum absolute atomic E-state index is 6.13. The van der Waals surface area contributed by atoms with Crippen LogP contribution in [0.2, 0.25) is 5.02 Å². The molecule has 82 valence electrons. The Balaban J connectivity index is 3.17. The molecule has 15 heavy (non-hydrogen) atoms. The first-order chi connectivity index (χ1) is 7.24. The van der Waals surface area contributed by atoms with Gasteiger partial charge in [0.25, 0.3) is 0 Å². The molecule has 0 heterocycles. The molecule has 0 bridgehead atoms. The molecule has 2 N–H and O–H groups in total. The third-order valence-electron chi connectivity index (χ3n) is 1.95. The molecule has 0 aliphatic rings. The second-order valence-corrected chi connectivity index (χ2v) is 3.22. The third-order valence-corrected chi connectivity index (χ3v) is 2.34. The molecule has 0 amide bonds. The highest BCUT2D eigenvalue weighted by atomic mass is 35.5. The van der Waals surface area contributed by atoms with Gasteiger partial charge in [-0.05, 0) is 17.7 Å². The van der Waals surface area contributed by atoms with Crippen LogP contribution in [0, 0.1) is 0 Å². The summed E-state index contributed by atoms with van der Waals surface area (Å²) in [6.45, 7) is 0.477. The molecule has 1 aromatic carbocycles. The minimum atomic E-state index is 0.477.